The van der Waals surface area contributed by atoms with Gasteiger partial charge in [-0.15, -0.1) is 0 Å². The molecule has 7 atom stereocenters. The number of nitrogens with two attached hydrogens (primary N) is 1. The quantitative estimate of drug-likeness (QED) is 0.0583. The molecule has 0 aliphatic heterocycles. The van der Waals surface area contributed by atoms with Crippen molar-refractivity contribution in [3.63, 3.8) is 0 Å². The van der Waals surface area contributed by atoms with Gasteiger partial charge >= 0.3 is 0 Å². The summed E-state index contributed by atoms with van der Waals surface area (Å²) in [6.45, 7) is 8.56. The van der Waals surface area contributed by atoms with Crippen LogP contribution in [0.3, 0.4) is 0 Å². The molecule has 0 spiro atoms. The van der Waals surface area contributed by atoms with Crippen LogP contribution in [0.5, 0.6) is 0 Å². The van der Waals surface area contributed by atoms with Crippen LogP contribution >= 0.6 is 0 Å². The van der Waals surface area contributed by atoms with Crippen LogP contribution in [-0.2, 0) is 30.5 Å². The number of rotatable bonds is 22. The predicted molar refractivity (Wildman–Crippen MR) is 211 cm³/mol. The lowest BCUT2D eigenvalue weighted by atomic mass is 10.00. The highest BCUT2D eigenvalue weighted by Crippen LogP contribution is 2.31. The van der Waals surface area contributed by atoms with Crippen LogP contribution in [0.4, 0.5) is 5.69 Å². The van der Waals surface area contributed by atoms with Gasteiger partial charge in [0.25, 0.3) is 5.91 Å². The van der Waals surface area contributed by atoms with Crippen LogP contribution in [0.25, 0.3) is 21.8 Å². The van der Waals surface area contributed by atoms with E-state index >= 15 is 0 Å². The second kappa shape index (κ2) is 21.6. The highest BCUT2D eigenvalue weighted by molar-refractivity contribution is 6.10. The first-order valence-electron chi connectivity index (χ1n) is 19.1. The second-order valence-corrected chi connectivity index (χ2v) is 14.7. The van der Waals surface area contributed by atoms with Gasteiger partial charge in [0.1, 0.15) is 36.4 Å². The second-order valence-electron chi connectivity index (χ2n) is 14.7. The number of hydrogen-bond acceptors (Lipinski definition) is 11. The third-order valence-electron chi connectivity index (χ3n) is 9.49. The molecule has 56 heavy (non-hydrogen) atoms. The summed E-state index contributed by atoms with van der Waals surface area (Å²) < 4.78 is 2.20. The number of aromatic nitrogens is 1. The molecule has 0 aliphatic carbocycles. The van der Waals surface area contributed by atoms with Gasteiger partial charge in [0.05, 0.1) is 13.2 Å². The molecular weight excluding hydrogens is 726 g/mol. The third kappa shape index (κ3) is 12.2. The molecule has 1 aromatic heterocycles. The summed E-state index contributed by atoms with van der Waals surface area (Å²) in [5, 5.41) is 63.6. The average Bonchev–Trinajstić information content (AvgIpc) is 3.49. The van der Waals surface area contributed by atoms with E-state index in [-0.39, 0.29) is 12.3 Å². The number of fused-ring (bicyclic) bond motifs is 3. The molecule has 5 amide bonds. The molecule has 3 aromatic rings. The summed E-state index contributed by atoms with van der Waals surface area (Å²) in [4.78, 5) is 66.1. The molecule has 0 unspecified atom stereocenters. The first-order valence-corrected chi connectivity index (χ1v) is 19.1. The molecule has 0 fully saturated rings. The minimum Gasteiger partial charge on any atom is -0.394 e. The zero-order valence-electron chi connectivity index (χ0n) is 32.7. The first kappa shape index (κ1) is 45.7. The lowest BCUT2D eigenvalue weighted by Crippen LogP contribution is -2.58. The van der Waals surface area contributed by atoms with Crippen molar-refractivity contribution in [2.24, 2.45) is 17.6 Å². The van der Waals surface area contributed by atoms with Crippen LogP contribution in [0.15, 0.2) is 42.5 Å². The number of aliphatic hydroxyl groups excluding tert-OH is 5. The van der Waals surface area contributed by atoms with Crippen molar-refractivity contribution < 1.29 is 49.5 Å². The fraction of sp³-hybridized carbons (Fsp3) is 0.564. The number of unbranched alkanes of at least 4 members (excludes halogenated alkanes) is 1. The normalized spacial score (nSPS) is 15.4. The molecule has 12 N–H and O–H groups in total. The minimum atomic E-state index is -2.27. The van der Waals surface area contributed by atoms with Crippen molar-refractivity contribution in [1.29, 1.82) is 0 Å². The summed E-state index contributed by atoms with van der Waals surface area (Å²) in [7, 11) is 0. The molecule has 2 aromatic carbocycles. The smallest absolute Gasteiger partial charge is 0.252 e. The van der Waals surface area contributed by atoms with Gasteiger partial charge in [-0.3, -0.25) is 24.0 Å². The Kier molecular flexibility index (Phi) is 17.6. The fourth-order valence-corrected chi connectivity index (χ4v) is 6.41. The number of amides is 5. The summed E-state index contributed by atoms with van der Waals surface area (Å²) in [6.07, 6.45) is -6.66. The molecule has 0 saturated heterocycles. The number of carbonyl (C=O) groups excluding carboxylic acids is 5. The van der Waals surface area contributed by atoms with E-state index in [1.54, 1.807) is 13.8 Å². The largest absolute Gasteiger partial charge is 0.394 e. The molecule has 3 rings (SSSR count). The van der Waals surface area contributed by atoms with Gasteiger partial charge in [-0.1, -0.05) is 45.9 Å². The summed E-state index contributed by atoms with van der Waals surface area (Å²) in [6, 6.07) is 10.4. The van der Waals surface area contributed by atoms with E-state index < -0.39 is 91.1 Å². The van der Waals surface area contributed by atoms with Crippen LogP contribution in [0, 0.1) is 11.8 Å². The van der Waals surface area contributed by atoms with E-state index in [9.17, 15) is 44.4 Å². The number of nitrogens with zero attached hydrogens (tertiary/aromatic N) is 1. The lowest BCUT2D eigenvalue weighted by molar-refractivity contribution is -0.151. The Morgan fingerprint density at radius 2 is 1.45 bits per heavy atom. The number of carbonyl (C=O) groups is 5. The first-order chi connectivity index (χ1) is 26.5. The molecule has 0 saturated carbocycles. The van der Waals surface area contributed by atoms with Crippen molar-refractivity contribution in [2.75, 3.05) is 25.0 Å². The summed E-state index contributed by atoms with van der Waals surface area (Å²) in [5.74, 6) is -4.45. The van der Waals surface area contributed by atoms with Crippen molar-refractivity contribution in [2.45, 2.75) is 109 Å². The topological polar surface area (TPSA) is 278 Å². The summed E-state index contributed by atoms with van der Waals surface area (Å²) >= 11 is 0. The fourth-order valence-electron chi connectivity index (χ4n) is 6.41. The minimum absolute atomic E-state index is 0.0542. The van der Waals surface area contributed by atoms with E-state index in [1.165, 1.54) is 0 Å². The van der Waals surface area contributed by atoms with Crippen LogP contribution in [0.1, 0.15) is 60.3 Å². The molecule has 17 heteroatoms. The van der Waals surface area contributed by atoms with Gasteiger partial charge in [-0.05, 0) is 75.3 Å². The molecular formula is C39H59N7O10. The summed E-state index contributed by atoms with van der Waals surface area (Å²) in [5.41, 5.74) is 8.37. The van der Waals surface area contributed by atoms with E-state index in [1.807, 2.05) is 56.3 Å². The Bertz CT molecular complexity index is 1800. The van der Waals surface area contributed by atoms with Crippen molar-refractivity contribution in [3.8, 4) is 0 Å². The zero-order chi connectivity index (χ0) is 41.7. The van der Waals surface area contributed by atoms with Gasteiger partial charge in [-0.25, -0.2) is 0 Å². The van der Waals surface area contributed by atoms with Gasteiger partial charge in [-0.2, -0.15) is 0 Å². The number of benzene rings is 2. The number of anilines is 1. The highest BCUT2D eigenvalue weighted by atomic mass is 16.4. The number of para-hydroxylation sites is 1. The maximum Gasteiger partial charge on any atom is 0.252 e. The Hall–Kier alpha value is -4.65. The Labute approximate surface area is 326 Å². The number of aliphatic hydroxyl groups is 5. The van der Waals surface area contributed by atoms with Crippen molar-refractivity contribution >= 4 is 57.0 Å². The Morgan fingerprint density at radius 3 is 2.07 bits per heavy atom. The molecule has 17 nitrogen and oxygen atoms in total. The van der Waals surface area contributed by atoms with Gasteiger partial charge in [0, 0.05) is 34.0 Å². The number of nitrogens with one attached hydrogen (secondary N) is 5. The highest BCUT2D eigenvalue weighted by Gasteiger charge is 2.36. The predicted octanol–water partition coefficient (Wildman–Crippen LogP) is -0.409. The molecule has 1 heterocycles. The number of aryl methyl sites for hydroxylation is 1. The Balaban J connectivity index is 1.69. The lowest BCUT2D eigenvalue weighted by Gasteiger charge is -2.27. The number of hydrogen-bond donors (Lipinski definition) is 11. The van der Waals surface area contributed by atoms with Crippen LogP contribution in [0.2, 0.25) is 0 Å². The van der Waals surface area contributed by atoms with Crippen molar-refractivity contribution in [1.82, 2.24) is 25.8 Å². The maximum absolute atomic E-state index is 13.7. The van der Waals surface area contributed by atoms with Gasteiger partial charge in [0.15, 0.2) is 6.10 Å². The Morgan fingerprint density at radius 1 is 0.768 bits per heavy atom. The van der Waals surface area contributed by atoms with E-state index in [0.29, 0.717) is 31.5 Å². The molecule has 0 radical (unpaired) electrons. The van der Waals surface area contributed by atoms with Crippen molar-refractivity contribution in [3.05, 3.63) is 42.5 Å². The monoisotopic (exact) mass is 785 g/mol. The molecule has 0 bridgehead atoms. The van der Waals surface area contributed by atoms with Gasteiger partial charge in [0.2, 0.25) is 23.6 Å². The zero-order valence-corrected chi connectivity index (χ0v) is 32.7. The van der Waals surface area contributed by atoms with Crippen LogP contribution in [-0.4, -0.2) is 122 Å². The standard InChI is InChI=1S/C39H59N7O10/c1-6-46-28-13-8-7-11-24(28)25-18-23(14-15-29(25)46)42-36(53)26(12-9-10-16-40)44-37(54)27(17-21(2)3)43-31(49)19-41-38(55)32(22(4)5)45-39(56)35(52)34(51)33(50)30(48)20-47/h7-8,11,13-15,18,21-22,26-27,30,32-35,47-48,50-52H,6,9-10,12,16-17,19-20,40H2,1-5H3,(H,41,55)(H,42,53)(H,43,49)(H,44,54)(H,45,56)/t26-,27-,30+,32-,33+,34-,35+/m0/s1. The average molecular weight is 786 g/mol. The van der Waals surface area contributed by atoms with Gasteiger partial charge < -0.3 is 62.4 Å². The SMILES string of the molecule is CCn1c2ccccc2c2cc(NC(=O)[C@H](CCCCN)NC(=O)[C@H](CC(C)C)NC(=O)CNC(=O)[C@@H](NC(=O)[C@H](O)[C@@H](O)[C@H](O)[C@H](O)CO)C(C)C)ccc21. The third-order valence-corrected chi connectivity index (χ3v) is 9.49. The molecule has 310 valence electrons. The van der Waals surface area contributed by atoms with E-state index in [0.717, 1.165) is 28.4 Å². The van der Waals surface area contributed by atoms with Crippen LogP contribution < -0.4 is 32.3 Å². The molecule has 0 aliphatic rings. The maximum atomic E-state index is 13.7. The van der Waals surface area contributed by atoms with E-state index in [4.69, 9.17) is 10.8 Å². The van der Waals surface area contributed by atoms with E-state index in [2.05, 4.69) is 38.1 Å².